The smallest absolute Gasteiger partial charge is 0.251 e. The van der Waals surface area contributed by atoms with Gasteiger partial charge in [0, 0.05) is 10.6 Å². The highest BCUT2D eigenvalue weighted by Crippen LogP contribution is 2.16. The Morgan fingerprint density at radius 1 is 1.28 bits per heavy atom. The van der Waals surface area contributed by atoms with Gasteiger partial charge in [-0.3, -0.25) is 4.79 Å². The molecule has 0 aliphatic heterocycles. The molecule has 0 fully saturated rings. The van der Waals surface area contributed by atoms with E-state index in [1.54, 1.807) is 19.1 Å². The molecule has 0 spiro atoms. The number of benzene rings is 1. The summed E-state index contributed by atoms with van der Waals surface area (Å²) < 4.78 is 0. The van der Waals surface area contributed by atoms with Crippen LogP contribution >= 0.6 is 11.6 Å². The maximum absolute atomic E-state index is 11.9. The Morgan fingerprint density at radius 2 is 1.83 bits per heavy atom. The monoisotopic (exact) mass is 273 g/mol. The fourth-order valence-electron chi connectivity index (χ4n) is 1.37. The first-order valence-corrected chi connectivity index (χ1v) is 5.77. The molecule has 18 heavy (non-hydrogen) atoms. The maximum Gasteiger partial charge on any atom is 0.251 e. The van der Waals surface area contributed by atoms with E-state index in [1.807, 2.05) is 0 Å². The largest absolute Gasteiger partial charge is 0.394 e. The zero-order valence-electron chi connectivity index (χ0n) is 9.98. The minimum absolute atomic E-state index is 0.344. The molecule has 4 N–H and O–H groups in total. The van der Waals surface area contributed by atoms with Crippen LogP contribution in [-0.4, -0.2) is 46.6 Å². The predicted octanol–water partition coefficient (Wildman–Crippen LogP) is 0.0939. The molecule has 0 radical (unpaired) electrons. The summed E-state index contributed by atoms with van der Waals surface area (Å²) in [7, 11) is 0. The highest BCUT2D eigenvalue weighted by molar-refractivity contribution is 6.31. The number of carbonyl (C=O) groups excluding carboxylic acids is 1. The predicted molar refractivity (Wildman–Crippen MR) is 67.6 cm³/mol. The van der Waals surface area contributed by atoms with E-state index in [0.717, 1.165) is 5.56 Å². The molecule has 100 valence electrons. The van der Waals surface area contributed by atoms with Gasteiger partial charge in [-0.05, 0) is 30.7 Å². The van der Waals surface area contributed by atoms with Crippen molar-refractivity contribution in [1.82, 2.24) is 5.32 Å². The zero-order valence-corrected chi connectivity index (χ0v) is 10.7. The number of aryl methyl sites for hydroxylation is 1. The molecule has 1 aromatic carbocycles. The Morgan fingerprint density at radius 3 is 2.28 bits per heavy atom. The molecule has 0 heterocycles. The third-order valence-corrected chi connectivity index (χ3v) is 3.13. The maximum atomic E-state index is 11.9. The average Bonchev–Trinajstić information content (AvgIpc) is 2.39. The molecule has 1 aromatic rings. The molecule has 1 amide bonds. The number of hydrogen-bond donors (Lipinski definition) is 4. The van der Waals surface area contributed by atoms with Gasteiger partial charge in [0.2, 0.25) is 0 Å². The lowest BCUT2D eigenvalue weighted by Crippen LogP contribution is -2.57. The fourth-order valence-corrected chi connectivity index (χ4v) is 1.49. The van der Waals surface area contributed by atoms with Gasteiger partial charge >= 0.3 is 0 Å². The first-order valence-electron chi connectivity index (χ1n) is 5.39. The molecular formula is C12H16ClNO4. The van der Waals surface area contributed by atoms with E-state index in [4.69, 9.17) is 26.9 Å². The highest BCUT2D eigenvalue weighted by atomic mass is 35.5. The molecule has 0 saturated carbocycles. The van der Waals surface area contributed by atoms with Gasteiger partial charge in [-0.1, -0.05) is 11.6 Å². The topological polar surface area (TPSA) is 89.8 Å². The number of aliphatic hydroxyl groups is 3. The second-order valence-electron chi connectivity index (χ2n) is 4.17. The summed E-state index contributed by atoms with van der Waals surface area (Å²) in [6.45, 7) is 0.0887. The van der Waals surface area contributed by atoms with Crippen LogP contribution in [-0.2, 0) is 0 Å². The summed E-state index contributed by atoms with van der Waals surface area (Å²) in [5.41, 5.74) is -0.339. The lowest BCUT2D eigenvalue weighted by Gasteiger charge is -2.28. The van der Waals surface area contributed by atoms with Gasteiger partial charge in [-0.25, -0.2) is 0 Å². The molecule has 6 heteroatoms. The molecule has 5 nitrogen and oxygen atoms in total. The van der Waals surface area contributed by atoms with Crippen LogP contribution < -0.4 is 5.32 Å². The molecule has 0 bridgehead atoms. The number of nitrogens with one attached hydrogen (secondary N) is 1. The molecule has 0 aliphatic rings. The lowest BCUT2D eigenvalue weighted by molar-refractivity contribution is 0.0375. The quantitative estimate of drug-likeness (QED) is 0.612. The van der Waals surface area contributed by atoms with Crippen molar-refractivity contribution in [3.63, 3.8) is 0 Å². The van der Waals surface area contributed by atoms with Gasteiger partial charge in [0.1, 0.15) is 5.54 Å². The van der Waals surface area contributed by atoms with E-state index >= 15 is 0 Å². The SMILES string of the molecule is Cc1cc(C(=O)NC(CO)(CO)CO)ccc1Cl. The zero-order chi connectivity index (χ0) is 13.8. The number of carbonyl (C=O) groups is 1. The normalized spacial score (nSPS) is 11.4. The molecule has 0 unspecified atom stereocenters. The van der Waals surface area contributed by atoms with Crippen LogP contribution in [0.15, 0.2) is 18.2 Å². The van der Waals surface area contributed by atoms with E-state index in [9.17, 15) is 4.79 Å². The van der Waals surface area contributed by atoms with Crippen LogP contribution in [0.5, 0.6) is 0 Å². The van der Waals surface area contributed by atoms with Gasteiger partial charge in [0.05, 0.1) is 19.8 Å². The Kier molecular flexibility index (Phi) is 5.10. The van der Waals surface area contributed by atoms with Crippen molar-refractivity contribution in [3.8, 4) is 0 Å². The standard InChI is InChI=1S/C12H16ClNO4/c1-8-4-9(2-3-10(8)13)11(18)14-12(5-15,6-16)7-17/h2-4,15-17H,5-7H2,1H3,(H,14,18). The van der Waals surface area contributed by atoms with Crippen molar-refractivity contribution >= 4 is 17.5 Å². The number of hydrogen-bond acceptors (Lipinski definition) is 4. The summed E-state index contributed by atoms with van der Waals surface area (Å²) in [6, 6.07) is 4.71. The average molecular weight is 274 g/mol. The van der Waals surface area contributed by atoms with Gasteiger partial charge in [-0.15, -0.1) is 0 Å². The number of aliphatic hydroxyl groups excluding tert-OH is 3. The van der Waals surface area contributed by atoms with Gasteiger partial charge in [0.25, 0.3) is 5.91 Å². The van der Waals surface area contributed by atoms with Crippen molar-refractivity contribution in [2.24, 2.45) is 0 Å². The van der Waals surface area contributed by atoms with Gasteiger partial charge in [0.15, 0.2) is 0 Å². The van der Waals surface area contributed by atoms with Crippen molar-refractivity contribution in [2.75, 3.05) is 19.8 Å². The van der Waals surface area contributed by atoms with Crippen molar-refractivity contribution < 1.29 is 20.1 Å². The van der Waals surface area contributed by atoms with Crippen LogP contribution in [0.2, 0.25) is 5.02 Å². The lowest BCUT2D eigenvalue weighted by atomic mass is 10.0. The summed E-state index contributed by atoms with van der Waals surface area (Å²) in [4.78, 5) is 11.9. The van der Waals surface area contributed by atoms with Crippen LogP contribution in [0.1, 0.15) is 15.9 Å². The number of rotatable bonds is 5. The number of halogens is 1. The second-order valence-corrected chi connectivity index (χ2v) is 4.58. The molecule has 1 rings (SSSR count). The Labute approximate surface area is 110 Å². The van der Waals surface area contributed by atoms with Crippen LogP contribution in [0, 0.1) is 6.92 Å². The van der Waals surface area contributed by atoms with Crippen molar-refractivity contribution in [1.29, 1.82) is 0 Å². The van der Waals surface area contributed by atoms with Gasteiger partial charge in [-0.2, -0.15) is 0 Å². The Bertz CT molecular complexity index is 424. The Balaban J connectivity index is 2.90. The van der Waals surface area contributed by atoms with E-state index < -0.39 is 31.3 Å². The van der Waals surface area contributed by atoms with Crippen LogP contribution in [0.25, 0.3) is 0 Å². The fraction of sp³-hybridized carbons (Fsp3) is 0.417. The summed E-state index contributed by atoms with van der Waals surface area (Å²) in [5.74, 6) is -0.494. The van der Waals surface area contributed by atoms with Gasteiger partial charge < -0.3 is 20.6 Å². The van der Waals surface area contributed by atoms with E-state index in [0.29, 0.717) is 10.6 Å². The molecule has 0 saturated heterocycles. The first-order chi connectivity index (χ1) is 8.48. The molecule has 0 aromatic heterocycles. The minimum atomic E-state index is -1.43. The third kappa shape index (κ3) is 3.20. The van der Waals surface area contributed by atoms with E-state index in [2.05, 4.69) is 5.32 Å². The summed E-state index contributed by atoms with van der Waals surface area (Å²) in [6.07, 6.45) is 0. The van der Waals surface area contributed by atoms with Crippen molar-refractivity contribution in [2.45, 2.75) is 12.5 Å². The summed E-state index contributed by atoms with van der Waals surface area (Å²) >= 11 is 5.85. The van der Waals surface area contributed by atoms with Crippen molar-refractivity contribution in [3.05, 3.63) is 34.3 Å². The molecular weight excluding hydrogens is 258 g/mol. The van der Waals surface area contributed by atoms with Crippen LogP contribution in [0.3, 0.4) is 0 Å². The molecule has 0 aliphatic carbocycles. The van der Waals surface area contributed by atoms with E-state index in [-0.39, 0.29) is 0 Å². The van der Waals surface area contributed by atoms with Crippen LogP contribution in [0.4, 0.5) is 0 Å². The summed E-state index contributed by atoms with van der Waals surface area (Å²) in [5, 5.41) is 30.3. The Hall–Kier alpha value is -1.14. The first kappa shape index (κ1) is 14.9. The third-order valence-electron chi connectivity index (χ3n) is 2.71. The van der Waals surface area contributed by atoms with E-state index in [1.165, 1.54) is 6.07 Å². The highest BCUT2D eigenvalue weighted by Gasteiger charge is 2.30. The number of amides is 1. The minimum Gasteiger partial charge on any atom is -0.394 e. The molecule has 0 atom stereocenters. The second kappa shape index (κ2) is 6.15.